The Kier molecular flexibility index (Phi) is 2.82. The SMILES string of the molecule is C/C=C1/C=Nc2cc(Br)ccc2C1=NC. The summed E-state index contributed by atoms with van der Waals surface area (Å²) >= 11 is 3.44. The van der Waals surface area contributed by atoms with Crippen molar-refractivity contribution in [1.82, 2.24) is 0 Å². The Hall–Kier alpha value is -1.22. The fourth-order valence-corrected chi connectivity index (χ4v) is 1.98. The van der Waals surface area contributed by atoms with Gasteiger partial charge in [0.05, 0.1) is 11.4 Å². The first-order chi connectivity index (χ1) is 7.26. The third-order valence-corrected chi connectivity index (χ3v) is 2.86. The molecule has 1 aromatic rings. The molecule has 0 radical (unpaired) electrons. The molecule has 1 aromatic carbocycles. The fourth-order valence-electron chi connectivity index (χ4n) is 1.63. The molecule has 0 aliphatic carbocycles. The zero-order valence-electron chi connectivity index (χ0n) is 8.66. The average molecular weight is 263 g/mol. The van der Waals surface area contributed by atoms with Crippen LogP contribution in [0.25, 0.3) is 0 Å². The number of rotatable bonds is 0. The number of hydrogen-bond acceptors (Lipinski definition) is 2. The third-order valence-electron chi connectivity index (χ3n) is 2.37. The lowest BCUT2D eigenvalue weighted by molar-refractivity contribution is 1.38. The molecule has 1 heterocycles. The first-order valence-corrected chi connectivity index (χ1v) is 5.53. The topological polar surface area (TPSA) is 24.7 Å². The van der Waals surface area contributed by atoms with Crippen LogP contribution >= 0.6 is 15.9 Å². The van der Waals surface area contributed by atoms with E-state index in [4.69, 9.17) is 0 Å². The lowest BCUT2D eigenvalue weighted by atomic mass is 9.98. The van der Waals surface area contributed by atoms with Gasteiger partial charge in [0.15, 0.2) is 0 Å². The molecule has 0 aromatic heterocycles. The molecule has 0 atom stereocenters. The summed E-state index contributed by atoms with van der Waals surface area (Å²) in [4.78, 5) is 8.71. The highest BCUT2D eigenvalue weighted by molar-refractivity contribution is 9.10. The summed E-state index contributed by atoms with van der Waals surface area (Å²) in [5, 5.41) is 0. The summed E-state index contributed by atoms with van der Waals surface area (Å²) in [5.41, 5.74) is 4.15. The van der Waals surface area contributed by atoms with Crippen molar-refractivity contribution in [3.05, 3.63) is 39.9 Å². The van der Waals surface area contributed by atoms with Crippen molar-refractivity contribution in [3.63, 3.8) is 0 Å². The van der Waals surface area contributed by atoms with Crippen LogP contribution in [0.5, 0.6) is 0 Å². The van der Waals surface area contributed by atoms with Crippen LogP contribution in [0.3, 0.4) is 0 Å². The molecular weight excluding hydrogens is 252 g/mol. The van der Waals surface area contributed by atoms with E-state index in [0.717, 1.165) is 27.0 Å². The van der Waals surface area contributed by atoms with Gasteiger partial charge < -0.3 is 0 Å². The summed E-state index contributed by atoms with van der Waals surface area (Å²) < 4.78 is 1.04. The number of fused-ring (bicyclic) bond motifs is 1. The molecule has 3 heteroatoms. The zero-order valence-corrected chi connectivity index (χ0v) is 10.2. The number of hydrogen-bond donors (Lipinski definition) is 0. The van der Waals surface area contributed by atoms with Crippen molar-refractivity contribution < 1.29 is 0 Å². The molecule has 0 fully saturated rings. The van der Waals surface area contributed by atoms with E-state index in [9.17, 15) is 0 Å². The molecule has 1 aliphatic heterocycles. The minimum absolute atomic E-state index is 0.968. The van der Waals surface area contributed by atoms with Gasteiger partial charge in [0, 0.05) is 28.9 Å². The lowest BCUT2D eigenvalue weighted by Crippen LogP contribution is -2.10. The minimum atomic E-state index is 0.968. The molecule has 76 valence electrons. The fraction of sp³-hybridized carbons (Fsp3) is 0.167. The van der Waals surface area contributed by atoms with Gasteiger partial charge >= 0.3 is 0 Å². The monoisotopic (exact) mass is 262 g/mol. The van der Waals surface area contributed by atoms with Crippen molar-refractivity contribution in [2.45, 2.75) is 6.92 Å². The van der Waals surface area contributed by atoms with E-state index in [-0.39, 0.29) is 0 Å². The Bertz CT molecular complexity index is 484. The molecule has 0 spiro atoms. The van der Waals surface area contributed by atoms with Gasteiger partial charge in [0.2, 0.25) is 0 Å². The Morgan fingerprint density at radius 3 is 2.87 bits per heavy atom. The third kappa shape index (κ3) is 1.79. The Balaban J connectivity index is 2.65. The van der Waals surface area contributed by atoms with E-state index >= 15 is 0 Å². The van der Waals surface area contributed by atoms with Crippen molar-refractivity contribution in [2.24, 2.45) is 9.98 Å². The van der Waals surface area contributed by atoms with Gasteiger partial charge in [-0.1, -0.05) is 22.0 Å². The number of nitrogens with zero attached hydrogens (tertiary/aromatic N) is 2. The predicted octanol–water partition coefficient (Wildman–Crippen LogP) is 3.53. The van der Waals surface area contributed by atoms with E-state index in [1.54, 1.807) is 0 Å². The second kappa shape index (κ2) is 4.11. The average Bonchev–Trinajstić information content (AvgIpc) is 2.27. The Morgan fingerprint density at radius 2 is 2.20 bits per heavy atom. The maximum absolute atomic E-state index is 4.40. The molecule has 15 heavy (non-hydrogen) atoms. The lowest BCUT2D eigenvalue weighted by Gasteiger charge is -2.14. The molecular formula is C12H11BrN2. The van der Waals surface area contributed by atoms with Crippen molar-refractivity contribution in [1.29, 1.82) is 0 Å². The largest absolute Gasteiger partial charge is 0.287 e. The Morgan fingerprint density at radius 1 is 1.40 bits per heavy atom. The van der Waals surface area contributed by atoms with Crippen LogP contribution in [0.2, 0.25) is 0 Å². The summed E-state index contributed by atoms with van der Waals surface area (Å²) in [6.07, 6.45) is 3.88. The molecule has 0 amide bonds. The van der Waals surface area contributed by atoms with Gasteiger partial charge in [-0.2, -0.15) is 0 Å². The van der Waals surface area contributed by atoms with E-state index in [1.807, 2.05) is 44.5 Å². The van der Waals surface area contributed by atoms with Crippen LogP contribution in [0, 0.1) is 0 Å². The van der Waals surface area contributed by atoms with Crippen molar-refractivity contribution in [3.8, 4) is 0 Å². The van der Waals surface area contributed by atoms with Crippen molar-refractivity contribution >= 4 is 33.5 Å². The molecule has 0 N–H and O–H groups in total. The normalized spacial score (nSPS) is 19.7. The highest BCUT2D eigenvalue weighted by Gasteiger charge is 2.15. The molecule has 2 nitrogen and oxygen atoms in total. The smallest absolute Gasteiger partial charge is 0.0749 e. The van der Waals surface area contributed by atoms with E-state index in [0.29, 0.717) is 0 Å². The van der Waals surface area contributed by atoms with E-state index in [2.05, 4.69) is 25.9 Å². The van der Waals surface area contributed by atoms with E-state index < -0.39 is 0 Å². The van der Waals surface area contributed by atoms with Crippen LogP contribution in [0.1, 0.15) is 12.5 Å². The summed E-state index contributed by atoms with van der Waals surface area (Å²) in [6.45, 7) is 2.00. The molecule has 0 saturated carbocycles. The summed E-state index contributed by atoms with van der Waals surface area (Å²) in [5.74, 6) is 0. The van der Waals surface area contributed by atoms with Crippen molar-refractivity contribution in [2.75, 3.05) is 7.05 Å². The second-order valence-corrected chi connectivity index (χ2v) is 4.15. The summed E-state index contributed by atoms with van der Waals surface area (Å²) in [6, 6.07) is 6.06. The number of aliphatic imine (C=N–C) groups is 2. The van der Waals surface area contributed by atoms with Gasteiger partial charge in [-0.25, -0.2) is 0 Å². The highest BCUT2D eigenvalue weighted by atomic mass is 79.9. The first kappa shape index (κ1) is 10.3. The number of allylic oxidation sites excluding steroid dienone is 2. The molecule has 0 bridgehead atoms. The van der Waals surface area contributed by atoms with Crippen LogP contribution in [-0.4, -0.2) is 19.0 Å². The molecule has 2 rings (SSSR count). The Labute approximate surface area is 97.6 Å². The minimum Gasteiger partial charge on any atom is -0.287 e. The second-order valence-electron chi connectivity index (χ2n) is 3.24. The number of halogens is 1. The van der Waals surface area contributed by atoms with Crippen LogP contribution in [0.4, 0.5) is 5.69 Å². The zero-order chi connectivity index (χ0) is 10.8. The van der Waals surface area contributed by atoms with E-state index in [1.165, 1.54) is 0 Å². The van der Waals surface area contributed by atoms with Gasteiger partial charge in [-0.3, -0.25) is 9.98 Å². The maximum Gasteiger partial charge on any atom is 0.0749 e. The summed E-state index contributed by atoms with van der Waals surface area (Å²) in [7, 11) is 1.81. The van der Waals surface area contributed by atoms with Gasteiger partial charge in [0.25, 0.3) is 0 Å². The van der Waals surface area contributed by atoms with Gasteiger partial charge in [0.1, 0.15) is 0 Å². The molecule has 1 aliphatic rings. The van der Waals surface area contributed by atoms with Crippen LogP contribution < -0.4 is 0 Å². The standard InChI is InChI=1S/C12H11BrN2/c1-3-8-7-15-11-6-9(13)4-5-10(11)12(8)14-2/h3-7H,1-2H3/b8-3-,14-12?. The maximum atomic E-state index is 4.40. The van der Waals surface area contributed by atoms with Crippen LogP contribution in [0.15, 0.2) is 44.3 Å². The van der Waals surface area contributed by atoms with Gasteiger partial charge in [-0.15, -0.1) is 0 Å². The first-order valence-electron chi connectivity index (χ1n) is 4.73. The van der Waals surface area contributed by atoms with Crippen LogP contribution in [-0.2, 0) is 0 Å². The molecule has 0 unspecified atom stereocenters. The predicted molar refractivity (Wildman–Crippen MR) is 68.5 cm³/mol. The number of benzene rings is 1. The molecule has 0 saturated heterocycles. The quantitative estimate of drug-likeness (QED) is 0.684. The van der Waals surface area contributed by atoms with Gasteiger partial charge in [-0.05, 0) is 25.1 Å². The highest BCUT2D eigenvalue weighted by Crippen LogP contribution is 2.29.